The zero-order valence-electron chi connectivity index (χ0n) is 30.4. The lowest BCUT2D eigenvalue weighted by Crippen LogP contribution is -1.92. The third-order valence-electron chi connectivity index (χ3n) is 11.8. The summed E-state index contributed by atoms with van der Waals surface area (Å²) >= 11 is 0. The molecule has 12 aromatic rings. The molecule has 2 nitrogen and oxygen atoms in total. The van der Waals surface area contributed by atoms with Crippen molar-refractivity contribution in [2.45, 2.75) is 0 Å². The zero-order valence-corrected chi connectivity index (χ0v) is 30.4. The topological polar surface area (TPSA) is 25.8 Å². The number of hydrogen-bond acceptors (Lipinski definition) is 2. The maximum absolute atomic E-state index is 5.19. The SMILES string of the molecule is c1ccc2cc(-c3c4ccccc4c(-c4ccc5c6ccc(-c7ccc8ccc9cccnc9c8n7)cc6c6ccccc6c5c4)c4ccccc34)ccc2c1. The predicted octanol–water partition coefficient (Wildman–Crippen LogP) is 14.7. The molecule has 0 unspecified atom stereocenters. The van der Waals surface area contributed by atoms with E-state index in [1.54, 1.807) is 0 Å². The van der Waals surface area contributed by atoms with Gasteiger partial charge in [0, 0.05) is 22.5 Å². The molecule has 0 bridgehead atoms. The van der Waals surface area contributed by atoms with Crippen LogP contribution in [0.2, 0.25) is 0 Å². The average molecular weight is 709 g/mol. The van der Waals surface area contributed by atoms with E-state index in [9.17, 15) is 0 Å². The van der Waals surface area contributed by atoms with Crippen LogP contribution in [0.5, 0.6) is 0 Å². The molecular formula is C54H32N2. The smallest absolute Gasteiger partial charge is 0.0972 e. The van der Waals surface area contributed by atoms with Crippen LogP contribution in [0.1, 0.15) is 0 Å². The molecule has 0 radical (unpaired) electrons. The highest BCUT2D eigenvalue weighted by molar-refractivity contribution is 6.28. The molecule has 2 aromatic heterocycles. The van der Waals surface area contributed by atoms with E-state index in [2.05, 4.69) is 182 Å². The molecule has 12 rings (SSSR count). The molecule has 10 aromatic carbocycles. The van der Waals surface area contributed by atoms with Crippen molar-refractivity contribution in [3.63, 3.8) is 0 Å². The molecule has 0 saturated heterocycles. The van der Waals surface area contributed by atoms with E-state index in [0.717, 1.165) is 33.1 Å². The van der Waals surface area contributed by atoms with E-state index in [4.69, 9.17) is 9.97 Å². The summed E-state index contributed by atoms with van der Waals surface area (Å²) in [6.45, 7) is 0. The molecular weight excluding hydrogens is 677 g/mol. The summed E-state index contributed by atoms with van der Waals surface area (Å²) in [5, 5.41) is 17.2. The van der Waals surface area contributed by atoms with Gasteiger partial charge in [0.1, 0.15) is 0 Å². The molecule has 0 fully saturated rings. The van der Waals surface area contributed by atoms with Crippen LogP contribution >= 0.6 is 0 Å². The van der Waals surface area contributed by atoms with Crippen molar-refractivity contribution >= 4 is 86.4 Å². The molecule has 0 saturated carbocycles. The van der Waals surface area contributed by atoms with Crippen LogP contribution in [0.3, 0.4) is 0 Å². The van der Waals surface area contributed by atoms with E-state index < -0.39 is 0 Å². The Bertz CT molecular complexity index is 3520. The Morgan fingerprint density at radius 3 is 1.38 bits per heavy atom. The summed E-state index contributed by atoms with van der Waals surface area (Å²) in [6.07, 6.45) is 1.85. The first-order chi connectivity index (χ1) is 27.8. The standard InChI is InChI=1S/C54H32N2/c1-2-11-36-30-38(22-19-33(36)10-1)51-44-15-5-7-17-46(44)52(47-18-8-6-16-45(47)51)39-24-27-43-42-26-23-37(31-48(42)40-13-3-4-14-41(40)49(43)32-39)50-28-25-35-21-20-34-12-9-29-55-53(34)54(35)56-50/h1-32H. The molecule has 56 heavy (non-hydrogen) atoms. The van der Waals surface area contributed by atoms with E-state index in [0.29, 0.717) is 0 Å². The Morgan fingerprint density at radius 1 is 0.268 bits per heavy atom. The molecule has 0 aliphatic rings. The number of fused-ring (bicyclic) bond motifs is 12. The third-order valence-corrected chi connectivity index (χ3v) is 11.8. The molecule has 0 aliphatic heterocycles. The Morgan fingerprint density at radius 2 is 0.714 bits per heavy atom. The van der Waals surface area contributed by atoms with Crippen LogP contribution in [-0.4, -0.2) is 9.97 Å². The Kier molecular flexibility index (Phi) is 6.66. The highest BCUT2D eigenvalue weighted by Crippen LogP contribution is 2.46. The van der Waals surface area contributed by atoms with Crippen molar-refractivity contribution < 1.29 is 0 Å². The minimum Gasteiger partial charge on any atom is -0.254 e. The van der Waals surface area contributed by atoms with Gasteiger partial charge in [-0.1, -0.05) is 158 Å². The Labute approximate surface area is 322 Å². The number of nitrogens with zero attached hydrogens (tertiary/aromatic N) is 2. The van der Waals surface area contributed by atoms with Gasteiger partial charge in [-0.05, 0) is 117 Å². The summed E-state index contributed by atoms with van der Waals surface area (Å²) in [7, 11) is 0. The first-order valence-electron chi connectivity index (χ1n) is 19.2. The molecule has 2 heterocycles. The van der Waals surface area contributed by atoms with Crippen molar-refractivity contribution in [2.75, 3.05) is 0 Å². The molecule has 258 valence electrons. The summed E-state index contributed by atoms with van der Waals surface area (Å²) in [4.78, 5) is 9.89. The van der Waals surface area contributed by atoms with Gasteiger partial charge in [-0.3, -0.25) is 4.98 Å². The predicted molar refractivity (Wildman–Crippen MR) is 238 cm³/mol. The van der Waals surface area contributed by atoms with Crippen molar-refractivity contribution in [2.24, 2.45) is 0 Å². The fourth-order valence-corrected chi connectivity index (χ4v) is 9.25. The summed E-state index contributed by atoms with van der Waals surface area (Å²) in [6, 6.07) is 68.8. The van der Waals surface area contributed by atoms with Gasteiger partial charge >= 0.3 is 0 Å². The van der Waals surface area contributed by atoms with Crippen LogP contribution < -0.4 is 0 Å². The highest BCUT2D eigenvalue weighted by Gasteiger charge is 2.18. The maximum Gasteiger partial charge on any atom is 0.0972 e. The minimum absolute atomic E-state index is 0.932. The minimum atomic E-state index is 0.932. The fourth-order valence-electron chi connectivity index (χ4n) is 9.25. The summed E-state index contributed by atoms with van der Waals surface area (Å²) in [5.74, 6) is 0. The Balaban J connectivity index is 1.08. The van der Waals surface area contributed by atoms with Gasteiger partial charge in [0.2, 0.25) is 0 Å². The van der Waals surface area contributed by atoms with E-state index in [-0.39, 0.29) is 0 Å². The van der Waals surface area contributed by atoms with E-state index in [1.807, 2.05) is 12.3 Å². The number of rotatable bonds is 3. The van der Waals surface area contributed by atoms with Crippen molar-refractivity contribution in [1.29, 1.82) is 0 Å². The summed E-state index contributed by atoms with van der Waals surface area (Å²) in [5.41, 5.74) is 8.92. The highest BCUT2D eigenvalue weighted by atomic mass is 14.7. The van der Waals surface area contributed by atoms with Gasteiger partial charge < -0.3 is 0 Å². The van der Waals surface area contributed by atoms with Crippen LogP contribution in [0.15, 0.2) is 194 Å². The maximum atomic E-state index is 5.19. The Hall–Kier alpha value is -7.42. The van der Waals surface area contributed by atoms with Crippen LogP contribution in [0.4, 0.5) is 0 Å². The summed E-state index contributed by atoms with van der Waals surface area (Å²) < 4.78 is 0. The number of benzene rings is 10. The quantitative estimate of drug-likeness (QED) is 0.135. The molecule has 0 amide bonds. The molecule has 0 N–H and O–H groups in total. The van der Waals surface area contributed by atoms with Gasteiger partial charge in [-0.2, -0.15) is 0 Å². The fraction of sp³-hybridized carbons (Fsp3) is 0. The second-order valence-electron chi connectivity index (χ2n) is 14.9. The van der Waals surface area contributed by atoms with Crippen LogP contribution in [0.25, 0.3) is 120 Å². The molecule has 2 heteroatoms. The molecule has 0 atom stereocenters. The lowest BCUT2D eigenvalue weighted by atomic mass is 9.84. The lowest BCUT2D eigenvalue weighted by molar-refractivity contribution is 1.37. The first-order valence-corrected chi connectivity index (χ1v) is 19.2. The monoisotopic (exact) mass is 708 g/mol. The second-order valence-corrected chi connectivity index (χ2v) is 14.9. The largest absolute Gasteiger partial charge is 0.254 e. The number of aromatic nitrogens is 2. The van der Waals surface area contributed by atoms with E-state index in [1.165, 1.54) is 86.9 Å². The lowest BCUT2D eigenvalue weighted by Gasteiger charge is -2.19. The first kappa shape index (κ1) is 31.0. The average Bonchev–Trinajstić information content (AvgIpc) is 3.27. The van der Waals surface area contributed by atoms with Crippen molar-refractivity contribution in [1.82, 2.24) is 9.97 Å². The van der Waals surface area contributed by atoms with Crippen LogP contribution in [0, 0.1) is 0 Å². The second kappa shape index (κ2) is 12.0. The van der Waals surface area contributed by atoms with Gasteiger partial charge in [0.15, 0.2) is 0 Å². The number of pyridine rings is 2. The zero-order chi connectivity index (χ0) is 36.7. The third kappa shape index (κ3) is 4.63. The number of hydrogen-bond donors (Lipinski definition) is 0. The van der Waals surface area contributed by atoms with Gasteiger partial charge in [-0.25, -0.2) is 4.98 Å². The van der Waals surface area contributed by atoms with Gasteiger partial charge in [-0.15, -0.1) is 0 Å². The molecule has 0 aliphatic carbocycles. The van der Waals surface area contributed by atoms with Crippen molar-refractivity contribution in [3.05, 3.63) is 194 Å². The molecule has 0 spiro atoms. The van der Waals surface area contributed by atoms with Gasteiger partial charge in [0.25, 0.3) is 0 Å². The normalized spacial score (nSPS) is 11.9. The van der Waals surface area contributed by atoms with Crippen molar-refractivity contribution in [3.8, 4) is 33.5 Å². The van der Waals surface area contributed by atoms with E-state index >= 15 is 0 Å². The van der Waals surface area contributed by atoms with Gasteiger partial charge in [0.05, 0.1) is 16.7 Å². The van der Waals surface area contributed by atoms with Crippen LogP contribution in [-0.2, 0) is 0 Å².